The van der Waals surface area contributed by atoms with Gasteiger partial charge in [-0.05, 0) is 38.9 Å². The van der Waals surface area contributed by atoms with Gasteiger partial charge in [0.1, 0.15) is 0 Å². The number of rotatable bonds is 3. The minimum Gasteiger partial charge on any atom is -0.396 e. The highest BCUT2D eigenvalue weighted by molar-refractivity contribution is 5.37. The fraction of sp³-hybridized carbons (Fsp3) is 0.667. The van der Waals surface area contributed by atoms with Crippen LogP contribution in [0.4, 0.5) is 11.6 Å². The Bertz CT molecular complexity index is 342. The maximum absolute atomic E-state index is 5.58. The van der Waals surface area contributed by atoms with Gasteiger partial charge in [-0.25, -0.2) is 9.97 Å². The summed E-state index contributed by atoms with van der Waals surface area (Å²) >= 11 is 0. The van der Waals surface area contributed by atoms with E-state index in [0.717, 1.165) is 18.4 Å². The number of likely N-dealkylation sites (tertiary alicyclic amines) is 1. The number of nitrogens with zero attached hydrogens (tertiary/aromatic N) is 4. The first kappa shape index (κ1) is 12.1. The number of aromatic nitrogens is 2. The van der Waals surface area contributed by atoms with E-state index in [0.29, 0.717) is 5.69 Å². The number of hydrogen-bond donors (Lipinski definition) is 1. The van der Waals surface area contributed by atoms with Crippen LogP contribution in [0.2, 0.25) is 0 Å². The van der Waals surface area contributed by atoms with E-state index in [1.807, 2.05) is 7.05 Å². The topological polar surface area (TPSA) is 58.3 Å². The fourth-order valence-electron chi connectivity index (χ4n) is 2.24. The fourth-order valence-corrected chi connectivity index (χ4v) is 2.24. The largest absolute Gasteiger partial charge is 0.396 e. The first-order valence-electron chi connectivity index (χ1n) is 6.12. The van der Waals surface area contributed by atoms with Gasteiger partial charge in [-0.2, -0.15) is 0 Å². The molecule has 1 aromatic heterocycles. The third-order valence-corrected chi connectivity index (χ3v) is 3.37. The van der Waals surface area contributed by atoms with Crippen molar-refractivity contribution in [2.75, 3.05) is 44.4 Å². The minimum atomic E-state index is 0.612. The molecule has 0 atom stereocenters. The zero-order chi connectivity index (χ0) is 12.3. The van der Waals surface area contributed by atoms with E-state index in [1.165, 1.54) is 25.9 Å². The molecule has 5 heteroatoms. The maximum atomic E-state index is 5.58. The highest BCUT2D eigenvalue weighted by Gasteiger charge is 2.18. The Kier molecular flexibility index (Phi) is 3.78. The normalized spacial score (nSPS) is 18.2. The smallest absolute Gasteiger partial charge is 0.225 e. The molecule has 1 saturated heterocycles. The monoisotopic (exact) mass is 235 g/mol. The van der Waals surface area contributed by atoms with Gasteiger partial charge in [-0.15, -0.1) is 0 Å². The van der Waals surface area contributed by atoms with Crippen LogP contribution in [-0.2, 0) is 0 Å². The van der Waals surface area contributed by atoms with E-state index in [2.05, 4.69) is 26.8 Å². The van der Waals surface area contributed by atoms with Gasteiger partial charge < -0.3 is 15.5 Å². The molecule has 1 aliphatic rings. The Balaban J connectivity index is 1.88. The lowest BCUT2D eigenvalue weighted by Gasteiger charge is -2.31. The summed E-state index contributed by atoms with van der Waals surface area (Å²) < 4.78 is 0. The summed E-state index contributed by atoms with van der Waals surface area (Å²) in [7, 11) is 4.23. The quantitative estimate of drug-likeness (QED) is 0.841. The van der Waals surface area contributed by atoms with E-state index in [4.69, 9.17) is 5.73 Å². The second kappa shape index (κ2) is 5.31. The minimum absolute atomic E-state index is 0.612. The lowest BCUT2D eigenvalue weighted by molar-refractivity contribution is 0.222. The number of piperidine rings is 1. The number of anilines is 2. The summed E-state index contributed by atoms with van der Waals surface area (Å²) in [5, 5.41) is 0. The summed E-state index contributed by atoms with van der Waals surface area (Å²) in [6.07, 6.45) is 5.84. The molecule has 1 fully saturated rings. The van der Waals surface area contributed by atoms with Gasteiger partial charge in [0.15, 0.2) is 0 Å². The molecule has 1 aliphatic heterocycles. The molecule has 0 spiro atoms. The van der Waals surface area contributed by atoms with Crippen LogP contribution >= 0.6 is 0 Å². The summed E-state index contributed by atoms with van der Waals surface area (Å²) in [5.41, 5.74) is 6.19. The van der Waals surface area contributed by atoms with Crippen LogP contribution in [-0.4, -0.2) is 48.6 Å². The van der Waals surface area contributed by atoms with Crippen molar-refractivity contribution in [2.24, 2.45) is 5.92 Å². The molecule has 0 bridgehead atoms. The van der Waals surface area contributed by atoms with Crippen molar-refractivity contribution in [1.29, 1.82) is 0 Å². The zero-order valence-electron chi connectivity index (χ0n) is 10.6. The highest BCUT2D eigenvalue weighted by atomic mass is 15.2. The van der Waals surface area contributed by atoms with Crippen molar-refractivity contribution >= 4 is 11.6 Å². The Hall–Kier alpha value is -1.36. The molecule has 5 nitrogen and oxygen atoms in total. The molecule has 0 radical (unpaired) electrons. The van der Waals surface area contributed by atoms with Crippen molar-refractivity contribution in [3.8, 4) is 0 Å². The van der Waals surface area contributed by atoms with Crippen LogP contribution in [0.3, 0.4) is 0 Å². The van der Waals surface area contributed by atoms with E-state index in [-0.39, 0.29) is 0 Å². The van der Waals surface area contributed by atoms with Crippen molar-refractivity contribution in [2.45, 2.75) is 12.8 Å². The van der Waals surface area contributed by atoms with Crippen LogP contribution in [0.25, 0.3) is 0 Å². The number of nitrogen functional groups attached to an aromatic ring is 1. The Morgan fingerprint density at radius 1 is 1.35 bits per heavy atom. The molecule has 0 aliphatic carbocycles. The third kappa shape index (κ3) is 3.30. The first-order valence-corrected chi connectivity index (χ1v) is 6.12. The third-order valence-electron chi connectivity index (χ3n) is 3.37. The lowest BCUT2D eigenvalue weighted by atomic mass is 9.97. The molecule has 94 valence electrons. The van der Waals surface area contributed by atoms with Crippen molar-refractivity contribution in [1.82, 2.24) is 14.9 Å². The standard InChI is InChI=1S/C12H21N5/c1-16-5-3-10(4-6-16)9-17(2)12-14-7-11(13)8-15-12/h7-8,10H,3-6,9,13H2,1-2H3. The van der Waals surface area contributed by atoms with Crippen LogP contribution in [0.1, 0.15) is 12.8 Å². The Labute approximate surface area is 103 Å². The second-order valence-electron chi connectivity index (χ2n) is 4.94. The predicted molar refractivity (Wildman–Crippen MR) is 69.9 cm³/mol. The number of nitrogens with two attached hydrogens (primary N) is 1. The molecule has 0 amide bonds. The summed E-state index contributed by atoms with van der Waals surface area (Å²) in [6.45, 7) is 3.42. The van der Waals surface area contributed by atoms with Crippen LogP contribution < -0.4 is 10.6 Å². The van der Waals surface area contributed by atoms with Crippen LogP contribution in [0.5, 0.6) is 0 Å². The summed E-state index contributed by atoms with van der Waals surface area (Å²) in [5.74, 6) is 1.51. The summed E-state index contributed by atoms with van der Waals surface area (Å²) in [6, 6.07) is 0. The summed E-state index contributed by atoms with van der Waals surface area (Å²) in [4.78, 5) is 13.0. The average molecular weight is 235 g/mol. The van der Waals surface area contributed by atoms with Gasteiger partial charge >= 0.3 is 0 Å². The number of hydrogen-bond acceptors (Lipinski definition) is 5. The van der Waals surface area contributed by atoms with E-state index in [1.54, 1.807) is 12.4 Å². The molecule has 1 aromatic rings. The van der Waals surface area contributed by atoms with Crippen LogP contribution in [0, 0.1) is 5.92 Å². The van der Waals surface area contributed by atoms with Gasteiger partial charge in [-0.3, -0.25) is 0 Å². The molecule has 0 aromatic carbocycles. The van der Waals surface area contributed by atoms with Gasteiger partial charge in [0.05, 0.1) is 18.1 Å². The molecule has 17 heavy (non-hydrogen) atoms. The van der Waals surface area contributed by atoms with E-state index in [9.17, 15) is 0 Å². The molecule has 0 unspecified atom stereocenters. The first-order chi connectivity index (χ1) is 8.15. The predicted octanol–water partition coefficient (Wildman–Crippen LogP) is 0.837. The molecule has 0 saturated carbocycles. The molecule has 2 heterocycles. The second-order valence-corrected chi connectivity index (χ2v) is 4.94. The SMILES string of the molecule is CN1CCC(CN(C)c2ncc(N)cn2)CC1. The van der Waals surface area contributed by atoms with Gasteiger partial charge in [0.25, 0.3) is 0 Å². The lowest BCUT2D eigenvalue weighted by Crippen LogP contribution is -2.36. The molecule has 2 N–H and O–H groups in total. The van der Waals surface area contributed by atoms with Gasteiger partial charge in [0.2, 0.25) is 5.95 Å². The Morgan fingerprint density at radius 2 is 1.94 bits per heavy atom. The van der Waals surface area contributed by atoms with Crippen LogP contribution in [0.15, 0.2) is 12.4 Å². The van der Waals surface area contributed by atoms with E-state index >= 15 is 0 Å². The van der Waals surface area contributed by atoms with Gasteiger partial charge in [0, 0.05) is 13.6 Å². The van der Waals surface area contributed by atoms with Gasteiger partial charge in [-0.1, -0.05) is 0 Å². The highest BCUT2D eigenvalue weighted by Crippen LogP contribution is 2.18. The maximum Gasteiger partial charge on any atom is 0.225 e. The Morgan fingerprint density at radius 3 is 2.53 bits per heavy atom. The van der Waals surface area contributed by atoms with Crippen molar-refractivity contribution < 1.29 is 0 Å². The van der Waals surface area contributed by atoms with Crippen molar-refractivity contribution in [3.63, 3.8) is 0 Å². The average Bonchev–Trinajstić information content (AvgIpc) is 2.33. The zero-order valence-corrected chi connectivity index (χ0v) is 10.6. The molecule has 2 rings (SSSR count). The molecular formula is C12H21N5. The van der Waals surface area contributed by atoms with Crippen molar-refractivity contribution in [3.05, 3.63) is 12.4 Å². The molecular weight excluding hydrogens is 214 g/mol. The van der Waals surface area contributed by atoms with E-state index < -0.39 is 0 Å².